The predicted molar refractivity (Wildman–Crippen MR) is 69.7 cm³/mol. The third-order valence-electron chi connectivity index (χ3n) is 3.33. The van der Waals surface area contributed by atoms with Gasteiger partial charge in [-0.25, -0.2) is 4.98 Å². The van der Waals surface area contributed by atoms with Gasteiger partial charge in [0.25, 0.3) is 0 Å². The summed E-state index contributed by atoms with van der Waals surface area (Å²) in [5, 5.41) is 3.98. The molecule has 1 saturated heterocycles. The van der Waals surface area contributed by atoms with Crippen LogP contribution >= 0.6 is 0 Å². The lowest BCUT2D eigenvalue weighted by Gasteiger charge is -2.27. The summed E-state index contributed by atoms with van der Waals surface area (Å²) in [7, 11) is 2.04. The molecule has 1 aliphatic heterocycles. The molecule has 0 amide bonds. The average molecular weight is 278 g/mol. The number of nitrogens with one attached hydrogen (secondary N) is 1. The number of hydrogen-bond acceptors (Lipinski definition) is 7. The SMILES string of the molecule is CN1CCOC(c2noc([C@H](N)Cc3cnc[nH]3)n2)C1. The number of aromatic nitrogens is 4. The quantitative estimate of drug-likeness (QED) is 0.813. The summed E-state index contributed by atoms with van der Waals surface area (Å²) >= 11 is 0. The number of hydrogen-bond donors (Lipinski definition) is 2. The second-order valence-electron chi connectivity index (χ2n) is 5.00. The summed E-state index contributed by atoms with van der Waals surface area (Å²) < 4.78 is 10.9. The first-order valence-electron chi connectivity index (χ1n) is 6.59. The molecule has 20 heavy (non-hydrogen) atoms. The van der Waals surface area contributed by atoms with Crippen molar-refractivity contribution < 1.29 is 9.26 Å². The van der Waals surface area contributed by atoms with Gasteiger partial charge in [-0.2, -0.15) is 4.98 Å². The summed E-state index contributed by atoms with van der Waals surface area (Å²) in [5.74, 6) is 0.984. The third kappa shape index (κ3) is 2.87. The number of H-pyrrole nitrogens is 1. The highest BCUT2D eigenvalue weighted by Crippen LogP contribution is 2.21. The highest BCUT2D eigenvalue weighted by Gasteiger charge is 2.25. The standard InChI is InChI=1S/C12H18N6O2/c1-18-2-3-19-10(6-18)11-16-12(20-17-11)9(13)4-8-5-14-7-15-8/h5,7,9-10H,2-4,6,13H2,1H3,(H,14,15)/t9-,10?/m1/s1. The molecule has 108 valence electrons. The van der Waals surface area contributed by atoms with Crippen molar-refractivity contribution in [3.8, 4) is 0 Å². The summed E-state index contributed by atoms with van der Waals surface area (Å²) in [6.45, 7) is 2.35. The van der Waals surface area contributed by atoms with Gasteiger partial charge in [-0.1, -0.05) is 5.16 Å². The fraction of sp³-hybridized carbons (Fsp3) is 0.583. The number of rotatable bonds is 4. The van der Waals surface area contributed by atoms with E-state index in [1.54, 1.807) is 12.5 Å². The van der Waals surface area contributed by atoms with Crippen molar-refractivity contribution >= 4 is 0 Å². The fourth-order valence-corrected chi connectivity index (χ4v) is 2.18. The van der Waals surface area contributed by atoms with E-state index in [0.29, 0.717) is 24.7 Å². The van der Waals surface area contributed by atoms with Crippen LogP contribution in [0.4, 0.5) is 0 Å². The number of likely N-dealkylation sites (N-methyl/N-ethyl adjacent to an activating group) is 1. The van der Waals surface area contributed by atoms with Crippen molar-refractivity contribution in [1.29, 1.82) is 0 Å². The van der Waals surface area contributed by atoms with Crippen LogP contribution < -0.4 is 5.73 Å². The van der Waals surface area contributed by atoms with Crippen LogP contribution in [0.5, 0.6) is 0 Å². The van der Waals surface area contributed by atoms with Crippen LogP contribution in [0.15, 0.2) is 17.0 Å². The van der Waals surface area contributed by atoms with Crippen LogP contribution in [0.3, 0.4) is 0 Å². The molecule has 8 nitrogen and oxygen atoms in total. The molecule has 2 aromatic rings. The first-order chi connectivity index (χ1) is 9.72. The molecule has 3 N–H and O–H groups in total. The van der Waals surface area contributed by atoms with Crippen molar-refractivity contribution in [3.05, 3.63) is 29.9 Å². The fourth-order valence-electron chi connectivity index (χ4n) is 2.18. The second-order valence-corrected chi connectivity index (χ2v) is 5.00. The number of nitrogens with zero attached hydrogens (tertiary/aromatic N) is 4. The first-order valence-corrected chi connectivity index (χ1v) is 6.59. The Morgan fingerprint density at radius 3 is 3.25 bits per heavy atom. The van der Waals surface area contributed by atoms with Crippen molar-refractivity contribution in [2.45, 2.75) is 18.6 Å². The normalized spacial score (nSPS) is 22.0. The maximum absolute atomic E-state index is 6.06. The zero-order valence-corrected chi connectivity index (χ0v) is 11.3. The van der Waals surface area contributed by atoms with Gasteiger partial charge in [-0.05, 0) is 7.05 Å². The summed E-state index contributed by atoms with van der Waals surface area (Å²) in [5.41, 5.74) is 7.00. The van der Waals surface area contributed by atoms with Crippen molar-refractivity contribution in [2.24, 2.45) is 5.73 Å². The van der Waals surface area contributed by atoms with Gasteiger partial charge in [0, 0.05) is 31.4 Å². The van der Waals surface area contributed by atoms with Gasteiger partial charge < -0.3 is 24.9 Å². The summed E-state index contributed by atoms with van der Waals surface area (Å²) in [4.78, 5) is 13.5. The maximum atomic E-state index is 6.06. The molecule has 1 aliphatic rings. The van der Waals surface area contributed by atoms with Crippen LogP contribution in [-0.4, -0.2) is 51.8 Å². The molecular weight excluding hydrogens is 260 g/mol. The Balaban J connectivity index is 1.66. The average Bonchev–Trinajstić information content (AvgIpc) is 3.09. The molecule has 0 bridgehead atoms. The van der Waals surface area contributed by atoms with Crippen LogP contribution in [0, 0.1) is 0 Å². The van der Waals surface area contributed by atoms with Crippen molar-refractivity contribution in [2.75, 3.05) is 26.7 Å². The van der Waals surface area contributed by atoms with Gasteiger partial charge in [0.2, 0.25) is 11.7 Å². The molecule has 2 aromatic heterocycles. The lowest BCUT2D eigenvalue weighted by atomic mass is 10.2. The minimum atomic E-state index is -0.349. The smallest absolute Gasteiger partial charge is 0.244 e. The third-order valence-corrected chi connectivity index (χ3v) is 3.33. The zero-order valence-electron chi connectivity index (χ0n) is 11.3. The summed E-state index contributed by atoms with van der Waals surface area (Å²) in [6, 6.07) is -0.349. The molecule has 0 radical (unpaired) electrons. The zero-order chi connectivity index (χ0) is 13.9. The topological polar surface area (TPSA) is 106 Å². The molecule has 1 unspecified atom stereocenters. The largest absolute Gasteiger partial charge is 0.367 e. The van der Waals surface area contributed by atoms with Crippen molar-refractivity contribution in [1.82, 2.24) is 25.0 Å². The molecule has 3 heterocycles. The molecule has 0 spiro atoms. The van der Waals surface area contributed by atoms with E-state index >= 15 is 0 Å². The van der Waals surface area contributed by atoms with Gasteiger partial charge in [-0.15, -0.1) is 0 Å². The van der Waals surface area contributed by atoms with Crippen molar-refractivity contribution in [3.63, 3.8) is 0 Å². The van der Waals surface area contributed by atoms with Crippen LogP contribution in [0.2, 0.25) is 0 Å². The van der Waals surface area contributed by atoms with Crippen LogP contribution in [-0.2, 0) is 11.2 Å². The van der Waals surface area contributed by atoms with Crippen LogP contribution in [0.1, 0.15) is 29.6 Å². The van der Waals surface area contributed by atoms with E-state index in [0.717, 1.165) is 18.8 Å². The number of ether oxygens (including phenoxy) is 1. The van der Waals surface area contributed by atoms with E-state index in [1.165, 1.54) is 0 Å². The molecule has 0 aromatic carbocycles. The molecular formula is C12H18N6O2. The number of aromatic amines is 1. The second kappa shape index (κ2) is 5.70. The molecule has 0 saturated carbocycles. The molecule has 0 aliphatic carbocycles. The van der Waals surface area contributed by atoms with Gasteiger partial charge in [-0.3, -0.25) is 0 Å². The van der Waals surface area contributed by atoms with Gasteiger partial charge >= 0.3 is 0 Å². The predicted octanol–water partition coefficient (Wildman–Crippen LogP) is 0.0383. The number of imidazole rings is 1. The van der Waals surface area contributed by atoms with E-state index in [9.17, 15) is 0 Å². The Hall–Kier alpha value is -1.77. The molecule has 8 heteroatoms. The molecule has 2 atom stereocenters. The lowest BCUT2D eigenvalue weighted by molar-refractivity contribution is -0.0264. The highest BCUT2D eigenvalue weighted by atomic mass is 16.5. The van der Waals surface area contributed by atoms with Gasteiger partial charge in [0.15, 0.2) is 0 Å². The van der Waals surface area contributed by atoms with Gasteiger partial charge in [0.1, 0.15) is 6.10 Å². The lowest BCUT2D eigenvalue weighted by Crippen LogP contribution is -2.35. The number of morpholine rings is 1. The van der Waals surface area contributed by atoms with Gasteiger partial charge in [0.05, 0.1) is 19.0 Å². The molecule has 3 rings (SSSR count). The Bertz CT molecular complexity index is 540. The molecule has 1 fully saturated rings. The van der Waals surface area contributed by atoms with Crippen LogP contribution in [0.25, 0.3) is 0 Å². The van der Waals surface area contributed by atoms with E-state index < -0.39 is 0 Å². The Morgan fingerprint density at radius 2 is 2.50 bits per heavy atom. The highest BCUT2D eigenvalue weighted by molar-refractivity contribution is 5.03. The summed E-state index contributed by atoms with van der Waals surface area (Å²) in [6.07, 6.45) is 3.78. The Morgan fingerprint density at radius 1 is 1.60 bits per heavy atom. The van der Waals surface area contributed by atoms with E-state index in [1.807, 2.05) is 7.05 Å². The monoisotopic (exact) mass is 278 g/mol. The number of nitrogens with two attached hydrogens (primary N) is 1. The maximum Gasteiger partial charge on any atom is 0.244 e. The minimum absolute atomic E-state index is 0.148. The first kappa shape index (κ1) is 13.2. The van der Waals surface area contributed by atoms with E-state index in [-0.39, 0.29) is 12.1 Å². The Labute approximate surface area is 116 Å². The minimum Gasteiger partial charge on any atom is -0.367 e. The van der Waals surface area contributed by atoms with E-state index in [4.69, 9.17) is 15.0 Å². The van der Waals surface area contributed by atoms with E-state index in [2.05, 4.69) is 25.0 Å². The Kier molecular flexibility index (Phi) is 3.77.